The molecule has 0 aromatic carbocycles. The van der Waals surface area contributed by atoms with Gasteiger partial charge < -0.3 is 5.11 Å². The van der Waals surface area contributed by atoms with Crippen LogP contribution in [0, 0.1) is 0 Å². The molecule has 0 aromatic heterocycles. The molecule has 2 aliphatic rings. The van der Waals surface area contributed by atoms with E-state index in [0.717, 1.165) is 6.04 Å². The van der Waals surface area contributed by atoms with Gasteiger partial charge in [-0.15, -0.1) is 0 Å². The minimum absolute atomic E-state index is 0.372. The highest BCUT2D eigenvalue weighted by Gasteiger charge is 2.35. The van der Waals surface area contributed by atoms with Gasteiger partial charge >= 0.3 is 0 Å². The lowest BCUT2D eigenvalue weighted by Gasteiger charge is -2.21. The molecule has 2 nitrogen and oxygen atoms in total. The van der Waals surface area contributed by atoms with Gasteiger partial charge in [-0.05, 0) is 32.2 Å². The van der Waals surface area contributed by atoms with E-state index in [1.54, 1.807) is 0 Å². The van der Waals surface area contributed by atoms with Gasteiger partial charge in [-0.3, -0.25) is 4.90 Å². The predicted molar refractivity (Wildman–Crippen MR) is 39.8 cm³/mol. The van der Waals surface area contributed by atoms with Crippen LogP contribution in [0.5, 0.6) is 0 Å². The molecule has 0 aromatic rings. The molecule has 0 unspecified atom stereocenters. The summed E-state index contributed by atoms with van der Waals surface area (Å²) in [5.74, 6) is 0. The molecule has 0 bridgehead atoms. The van der Waals surface area contributed by atoms with E-state index >= 15 is 0 Å². The third kappa shape index (κ3) is 0.867. The SMILES string of the molecule is OC[C@H]1CC[C@@H]2CCCN21. The molecule has 10 heavy (non-hydrogen) atoms. The fourth-order valence-electron chi connectivity index (χ4n) is 2.40. The smallest absolute Gasteiger partial charge is 0.0586 e. The molecule has 0 saturated carbocycles. The van der Waals surface area contributed by atoms with Gasteiger partial charge in [-0.2, -0.15) is 0 Å². The second-order valence-corrected chi connectivity index (χ2v) is 3.45. The lowest BCUT2D eigenvalue weighted by Crippen LogP contribution is -2.33. The van der Waals surface area contributed by atoms with Gasteiger partial charge in [0.05, 0.1) is 6.61 Å². The molecule has 2 atom stereocenters. The first-order valence-electron chi connectivity index (χ1n) is 4.28. The maximum Gasteiger partial charge on any atom is 0.0586 e. The lowest BCUT2D eigenvalue weighted by molar-refractivity contribution is 0.155. The van der Waals surface area contributed by atoms with Crippen LogP contribution in [-0.2, 0) is 0 Å². The maximum atomic E-state index is 8.97. The van der Waals surface area contributed by atoms with Crippen LogP contribution in [0.2, 0.25) is 0 Å². The molecule has 2 heterocycles. The van der Waals surface area contributed by atoms with Crippen molar-refractivity contribution in [2.45, 2.75) is 37.8 Å². The Bertz CT molecular complexity index is 126. The van der Waals surface area contributed by atoms with E-state index < -0.39 is 0 Å². The van der Waals surface area contributed by atoms with Crippen LogP contribution in [0.4, 0.5) is 0 Å². The highest BCUT2D eigenvalue weighted by molar-refractivity contribution is 4.91. The number of fused-ring (bicyclic) bond motifs is 1. The fourth-order valence-corrected chi connectivity index (χ4v) is 2.40. The highest BCUT2D eigenvalue weighted by atomic mass is 16.3. The second kappa shape index (κ2) is 2.51. The van der Waals surface area contributed by atoms with Gasteiger partial charge in [-0.1, -0.05) is 0 Å². The van der Waals surface area contributed by atoms with Gasteiger partial charge in [-0.25, -0.2) is 0 Å². The minimum atomic E-state index is 0.372. The van der Waals surface area contributed by atoms with Crippen LogP contribution >= 0.6 is 0 Å². The van der Waals surface area contributed by atoms with Crippen molar-refractivity contribution < 1.29 is 5.11 Å². The Labute approximate surface area is 61.8 Å². The van der Waals surface area contributed by atoms with E-state index in [2.05, 4.69) is 4.90 Å². The normalized spacial score (nSPS) is 40.5. The largest absolute Gasteiger partial charge is 0.395 e. The number of hydrogen-bond acceptors (Lipinski definition) is 2. The third-order valence-corrected chi connectivity index (χ3v) is 2.94. The maximum absolute atomic E-state index is 8.97. The zero-order valence-corrected chi connectivity index (χ0v) is 6.29. The molecule has 2 saturated heterocycles. The number of aliphatic hydroxyl groups is 1. The molecule has 2 fully saturated rings. The van der Waals surface area contributed by atoms with Crippen LogP contribution in [0.25, 0.3) is 0 Å². The number of rotatable bonds is 1. The molecule has 0 amide bonds. The van der Waals surface area contributed by atoms with Crippen LogP contribution < -0.4 is 0 Å². The van der Waals surface area contributed by atoms with E-state index in [4.69, 9.17) is 5.11 Å². The Hall–Kier alpha value is -0.0800. The van der Waals surface area contributed by atoms with Crippen molar-refractivity contribution in [1.29, 1.82) is 0 Å². The Balaban J connectivity index is 2.01. The van der Waals surface area contributed by atoms with E-state index in [-0.39, 0.29) is 0 Å². The molecule has 0 spiro atoms. The molecular formula is C8H15NO. The van der Waals surface area contributed by atoms with Crippen LogP contribution in [0.1, 0.15) is 25.7 Å². The Morgan fingerprint density at radius 3 is 3.00 bits per heavy atom. The molecule has 0 aliphatic carbocycles. The van der Waals surface area contributed by atoms with Crippen molar-refractivity contribution in [3.63, 3.8) is 0 Å². The average molecular weight is 141 g/mol. The Morgan fingerprint density at radius 1 is 1.30 bits per heavy atom. The molecule has 2 heteroatoms. The van der Waals surface area contributed by atoms with E-state index in [1.165, 1.54) is 32.2 Å². The standard InChI is InChI=1S/C8H15NO/c10-6-8-4-3-7-2-1-5-9(7)8/h7-8,10H,1-6H2/t7-,8+/m0/s1. The van der Waals surface area contributed by atoms with Crippen LogP contribution in [-0.4, -0.2) is 35.2 Å². The number of aliphatic hydroxyl groups excluding tert-OH is 1. The molecule has 2 aliphatic heterocycles. The molecule has 2 rings (SSSR count). The van der Waals surface area contributed by atoms with Crippen molar-refractivity contribution in [3.8, 4) is 0 Å². The summed E-state index contributed by atoms with van der Waals surface area (Å²) in [6, 6.07) is 1.34. The Kier molecular flexibility index (Phi) is 1.66. The zero-order chi connectivity index (χ0) is 6.97. The number of hydrogen-bond donors (Lipinski definition) is 1. The van der Waals surface area contributed by atoms with E-state index in [1.807, 2.05) is 0 Å². The first-order valence-corrected chi connectivity index (χ1v) is 4.28. The monoisotopic (exact) mass is 141 g/mol. The van der Waals surface area contributed by atoms with Crippen LogP contribution in [0.15, 0.2) is 0 Å². The predicted octanol–water partition coefficient (Wildman–Crippen LogP) is 0.605. The van der Waals surface area contributed by atoms with Crippen molar-refractivity contribution in [3.05, 3.63) is 0 Å². The summed E-state index contributed by atoms with van der Waals surface area (Å²) < 4.78 is 0. The first-order chi connectivity index (χ1) is 4.92. The fraction of sp³-hybridized carbons (Fsp3) is 1.00. The third-order valence-electron chi connectivity index (χ3n) is 2.94. The van der Waals surface area contributed by atoms with Crippen molar-refractivity contribution in [2.24, 2.45) is 0 Å². The van der Waals surface area contributed by atoms with E-state index in [9.17, 15) is 0 Å². The zero-order valence-electron chi connectivity index (χ0n) is 6.29. The summed E-state index contributed by atoms with van der Waals surface area (Å²) in [5, 5.41) is 8.97. The summed E-state index contributed by atoms with van der Waals surface area (Å²) in [7, 11) is 0. The summed E-state index contributed by atoms with van der Waals surface area (Å²) >= 11 is 0. The quantitative estimate of drug-likeness (QED) is 0.578. The first kappa shape index (κ1) is 6.62. The van der Waals surface area contributed by atoms with Crippen molar-refractivity contribution >= 4 is 0 Å². The number of nitrogens with zero attached hydrogens (tertiary/aromatic N) is 1. The van der Waals surface area contributed by atoms with Gasteiger partial charge in [0.25, 0.3) is 0 Å². The summed E-state index contributed by atoms with van der Waals surface area (Å²) in [5.41, 5.74) is 0. The van der Waals surface area contributed by atoms with Gasteiger partial charge in [0.1, 0.15) is 0 Å². The summed E-state index contributed by atoms with van der Waals surface area (Å²) in [6.07, 6.45) is 5.27. The molecule has 0 radical (unpaired) electrons. The molecule has 1 N–H and O–H groups in total. The van der Waals surface area contributed by atoms with E-state index in [0.29, 0.717) is 12.6 Å². The van der Waals surface area contributed by atoms with Crippen molar-refractivity contribution in [2.75, 3.05) is 13.2 Å². The van der Waals surface area contributed by atoms with Gasteiger partial charge in [0.2, 0.25) is 0 Å². The lowest BCUT2D eigenvalue weighted by atomic mass is 10.1. The molecule has 58 valence electrons. The highest BCUT2D eigenvalue weighted by Crippen LogP contribution is 2.31. The van der Waals surface area contributed by atoms with Gasteiger partial charge in [0, 0.05) is 12.1 Å². The average Bonchev–Trinajstić information content (AvgIpc) is 2.44. The van der Waals surface area contributed by atoms with Crippen molar-refractivity contribution in [1.82, 2.24) is 4.90 Å². The summed E-state index contributed by atoms with van der Waals surface area (Å²) in [4.78, 5) is 2.49. The Morgan fingerprint density at radius 2 is 2.20 bits per heavy atom. The molecular weight excluding hydrogens is 126 g/mol. The minimum Gasteiger partial charge on any atom is -0.395 e. The van der Waals surface area contributed by atoms with Gasteiger partial charge in [0.15, 0.2) is 0 Å². The van der Waals surface area contributed by atoms with Crippen LogP contribution in [0.3, 0.4) is 0 Å². The summed E-state index contributed by atoms with van der Waals surface area (Å²) in [6.45, 7) is 1.60. The second-order valence-electron chi connectivity index (χ2n) is 3.45. The topological polar surface area (TPSA) is 23.5 Å².